The first-order valence-electron chi connectivity index (χ1n) is 18.9. The molecule has 12 aromatic rings. The van der Waals surface area contributed by atoms with Crippen molar-refractivity contribution in [1.82, 2.24) is 15.0 Å². The minimum atomic E-state index is 0.666. The molecule has 12 rings (SSSR count). The molecule has 3 nitrogen and oxygen atoms in total. The van der Waals surface area contributed by atoms with E-state index >= 15 is 0 Å². The van der Waals surface area contributed by atoms with Crippen LogP contribution in [0.25, 0.3) is 117 Å². The van der Waals surface area contributed by atoms with E-state index in [1.807, 2.05) is 94.7 Å². The van der Waals surface area contributed by atoms with Crippen LogP contribution in [0.15, 0.2) is 176 Å². The topological polar surface area (TPSA) is 38.7 Å². The van der Waals surface area contributed by atoms with Crippen molar-refractivity contribution < 1.29 is 0 Å². The summed E-state index contributed by atoms with van der Waals surface area (Å²) in [6.45, 7) is 0. The van der Waals surface area contributed by atoms with E-state index in [0.29, 0.717) is 17.5 Å². The normalized spacial score (nSPS) is 11.9. The zero-order chi connectivity index (χ0) is 37.5. The van der Waals surface area contributed by atoms with E-state index in [4.69, 9.17) is 15.0 Å². The van der Waals surface area contributed by atoms with Gasteiger partial charge >= 0.3 is 0 Å². The molecule has 8 aromatic carbocycles. The van der Waals surface area contributed by atoms with Crippen LogP contribution in [0.2, 0.25) is 0 Å². The Morgan fingerprint density at radius 2 is 0.842 bits per heavy atom. The molecule has 0 amide bonds. The highest BCUT2D eigenvalue weighted by atomic mass is 32.1. The summed E-state index contributed by atoms with van der Waals surface area (Å²) in [4.78, 5) is 14.9. The number of aromatic nitrogens is 3. The van der Waals surface area contributed by atoms with Crippen LogP contribution in [0.4, 0.5) is 0 Å². The minimum absolute atomic E-state index is 0.666. The van der Waals surface area contributed by atoms with Crippen molar-refractivity contribution in [3.8, 4) is 56.4 Å². The smallest absolute Gasteiger partial charge is 0.164 e. The van der Waals surface area contributed by atoms with E-state index in [9.17, 15) is 0 Å². The largest absolute Gasteiger partial charge is 0.208 e. The average molecular weight is 780 g/mol. The first-order chi connectivity index (χ1) is 28.2. The van der Waals surface area contributed by atoms with Gasteiger partial charge in [-0.15, -0.1) is 34.0 Å². The number of fused-ring (bicyclic) bond motifs is 9. The van der Waals surface area contributed by atoms with Crippen molar-refractivity contribution in [3.63, 3.8) is 0 Å². The molecule has 266 valence electrons. The Morgan fingerprint density at radius 3 is 1.60 bits per heavy atom. The highest BCUT2D eigenvalue weighted by Crippen LogP contribution is 2.49. The van der Waals surface area contributed by atoms with Crippen LogP contribution in [0, 0.1) is 0 Å². The fourth-order valence-corrected chi connectivity index (χ4v) is 11.9. The van der Waals surface area contributed by atoms with Crippen LogP contribution >= 0.6 is 34.0 Å². The molecular formula is C51H29N3S3. The van der Waals surface area contributed by atoms with E-state index in [0.717, 1.165) is 16.7 Å². The Morgan fingerprint density at radius 1 is 0.281 bits per heavy atom. The molecule has 0 spiro atoms. The summed E-state index contributed by atoms with van der Waals surface area (Å²) in [5.41, 5.74) is 7.99. The maximum absolute atomic E-state index is 5.00. The van der Waals surface area contributed by atoms with Crippen molar-refractivity contribution in [1.29, 1.82) is 0 Å². The van der Waals surface area contributed by atoms with Gasteiger partial charge in [0.25, 0.3) is 0 Å². The molecule has 0 N–H and O–H groups in total. The lowest BCUT2D eigenvalue weighted by molar-refractivity contribution is 1.07. The molecule has 0 bridgehead atoms. The maximum Gasteiger partial charge on any atom is 0.164 e. The minimum Gasteiger partial charge on any atom is -0.208 e. The van der Waals surface area contributed by atoms with Gasteiger partial charge in [0.05, 0.1) is 0 Å². The number of nitrogens with zero attached hydrogens (tertiary/aromatic N) is 3. The Bertz CT molecular complexity index is 3470. The van der Waals surface area contributed by atoms with Gasteiger partial charge in [0.2, 0.25) is 0 Å². The van der Waals surface area contributed by atoms with Crippen molar-refractivity contribution in [3.05, 3.63) is 176 Å². The third-order valence-electron chi connectivity index (χ3n) is 11.0. The van der Waals surface area contributed by atoms with E-state index in [1.54, 1.807) is 0 Å². The molecule has 0 aliphatic carbocycles. The van der Waals surface area contributed by atoms with E-state index in [-0.39, 0.29) is 0 Å². The van der Waals surface area contributed by atoms with Crippen molar-refractivity contribution in [2.75, 3.05) is 0 Å². The highest BCUT2D eigenvalue weighted by molar-refractivity contribution is 7.27. The zero-order valence-corrected chi connectivity index (χ0v) is 32.8. The van der Waals surface area contributed by atoms with Crippen molar-refractivity contribution in [2.24, 2.45) is 0 Å². The molecule has 6 heteroatoms. The number of thiophene rings is 3. The second kappa shape index (κ2) is 13.0. The van der Waals surface area contributed by atoms with Crippen LogP contribution in [0.3, 0.4) is 0 Å². The molecular weight excluding hydrogens is 751 g/mol. The Balaban J connectivity index is 1.00. The average Bonchev–Trinajstić information content (AvgIpc) is 3.98. The zero-order valence-electron chi connectivity index (χ0n) is 30.3. The van der Waals surface area contributed by atoms with Crippen molar-refractivity contribution in [2.45, 2.75) is 0 Å². The van der Waals surface area contributed by atoms with Crippen LogP contribution in [0.1, 0.15) is 0 Å². The monoisotopic (exact) mass is 779 g/mol. The molecule has 57 heavy (non-hydrogen) atoms. The summed E-state index contributed by atoms with van der Waals surface area (Å²) in [5, 5.41) is 7.80. The Kier molecular flexibility index (Phi) is 7.45. The molecule has 0 unspecified atom stereocenters. The Labute approximate surface area is 339 Å². The van der Waals surface area contributed by atoms with Gasteiger partial charge in [0.15, 0.2) is 17.5 Å². The van der Waals surface area contributed by atoms with Gasteiger partial charge < -0.3 is 0 Å². The van der Waals surface area contributed by atoms with Gasteiger partial charge in [-0.2, -0.15) is 0 Å². The quantitative estimate of drug-likeness (QED) is 0.175. The third kappa shape index (κ3) is 5.33. The predicted molar refractivity (Wildman–Crippen MR) is 246 cm³/mol. The number of hydrogen-bond donors (Lipinski definition) is 0. The maximum atomic E-state index is 5.00. The summed E-state index contributed by atoms with van der Waals surface area (Å²) in [6, 6.07) is 63.1. The summed E-state index contributed by atoms with van der Waals surface area (Å²) in [7, 11) is 0. The fourth-order valence-electron chi connectivity index (χ4n) is 8.26. The fraction of sp³-hybridized carbons (Fsp3) is 0. The molecule has 0 radical (unpaired) electrons. The van der Waals surface area contributed by atoms with E-state index < -0.39 is 0 Å². The number of hydrogen-bond acceptors (Lipinski definition) is 6. The van der Waals surface area contributed by atoms with Crippen LogP contribution in [-0.2, 0) is 0 Å². The second-order valence-electron chi connectivity index (χ2n) is 14.3. The molecule has 4 aromatic heterocycles. The molecule has 0 atom stereocenters. The lowest BCUT2D eigenvalue weighted by Crippen LogP contribution is -1.99. The van der Waals surface area contributed by atoms with Crippen LogP contribution in [0.5, 0.6) is 0 Å². The van der Waals surface area contributed by atoms with Crippen LogP contribution < -0.4 is 0 Å². The second-order valence-corrected chi connectivity index (χ2v) is 17.5. The van der Waals surface area contributed by atoms with Gasteiger partial charge in [0.1, 0.15) is 0 Å². The van der Waals surface area contributed by atoms with Gasteiger partial charge in [-0.25, -0.2) is 15.0 Å². The van der Waals surface area contributed by atoms with E-state index in [2.05, 4.69) is 115 Å². The van der Waals surface area contributed by atoms with Gasteiger partial charge in [-0.1, -0.05) is 146 Å². The van der Waals surface area contributed by atoms with Gasteiger partial charge in [-0.3, -0.25) is 0 Å². The molecule has 0 saturated heterocycles. The van der Waals surface area contributed by atoms with Crippen molar-refractivity contribution >= 4 is 94.5 Å². The van der Waals surface area contributed by atoms with Crippen LogP contribution in [-0.4, -0.2) is 15.0 Å². The van der Waals surface area contributed by atoms with E-state index in [1.165, 1.54) is 82.8 Å². The Hall–Kier alpha value is -6.57. The molecule has 0 fully saturated rings. The summed E-state index contributed by atoms with van der Waals surface area (Å²) in [6.07, 6.45) is 0. The summed E-state index contributed by atoms with van der Waals surface area (Å²) >= 11 is 5.61. The lowest BCUT2D eigenvalue weighted by atomic mass is 9.93. The first kappa shape index (κ1) is 32.7. The third-order valence-corrected chi connectivity index (χ3v) is 14.5. The SMILES string of the molecule is c1ccc(-c2nc(-c3ccccc3)nc(-c3ccc4c(c3)sc3ccc(-c5ccc(-c6cccc7c6sc6ccccc67)c6c5sc5ccccc56)cc34)n2)cc1. The predicted octanol–water partition coefficient (Wildman–Crippen LogP) is 15.3. The molecule has 0 saturated carbocycles. The molecule has 0 aliphatic rings. The van der Waals surface area contributed by atoms with Gasteiger partial charge in [-0.05, 0) is 47.0 Å². The molecule has 0 aliphatic heterocycles. The standard InChI is InChI=1S/C51H29N3S3/c1-3-12-30(13-4-1)49-52-50(31-14-5-2-6-15-31)54-51(53-49)33-22-24-36-41-28-32(23-27-44(41)55-45(36)29-33)34-25-26-37(46-40-17-8-10-21-43(40)57-48(34)46)39-19-11-18-38-35-16-7-9-20-42(35)56-47(38)39/h1-29H. The lowest BCUT2D eigenvalue weighted by Gasteiger charge is -2.11. The number of benzene rings is 8. The number of rotatable bonds is 5. The highest BCUT2D eigenvalue weighted by Gasteiger charge is 2.20. The summed E-state index contributed by atoms with van der Waals surface area (Å²) < 4.78 is 7.78. The first-order valence-corrected chi connectivity index (χ1v) is 21.4. The summed E-state index contributed by atoms with van der Waals surface area (Å²) in [5.74, 6) is 2.00. The molecule has 4 heterocycles. The van der Waals surface area contributed by atoms with Gasteiger partial charge in [0, 0.05) is 82.8 Å².